The second-order valence-corrected chi connectivity index (χ2v) is 4.33. The van der Waals surface area contributed by atoms with Crippen molar-refractivity contribution < 1.29 is 9.84 Å². The predicted molar refractivity (Wildman–Crippen MR) is 62.6 cm³/mol. The molecule has 0 saturated carbocycles. The molecule has 2 rings (SSSR count). The van der Waals surface area contributed by atoms with E-state index in [9.17, 15) is 0 Å². The molecule has 0 bridgehead atoms. The summed E-state index contributed by atoms with van der Waals surface area (Å²) in [7, 11) is 0. The summed E-state index contributed by atoms with van der Waals surface area (Å²) in [5, 5.41) is 9.11. The van der Waals surface area contributed by atoms with Gasteiger partial charge in [-0.2, -0.15) is 0 Å². The summed E-state index contributed by atoms with van der Waals surface area (Å²) in [6, 6.07) is 4.38. The van der Waals surface area contributed by atoms with Crippen LogP contribution in [-0.2, 0) is 4.74 Å². The van der Waals surface area contributed by atoms with Gasteiger partial charge in [0.05, 0.1) is 25.4 Å². The summed E-state index contributed by atoms with van der Waals surface area (Å²) in [5.74, 6) is 0.958. The number of aryl methyl sites for hydroxylation is 1. The molecule has 2 unspecified atom stereocenters. The minimum Gasteiger partial charge on any atom is -0.394 e. The van der Waals surface area contributed by atoms with E-state index in [1.54, 1.807) is 0 Å². The van der Waals surface area contributed by atoms with Crippen molar-refractivity contribution in [2.24, 2.45) is 0 Å². The molecule has 1 aliphatic heterocycles. The average molecular weight is 222 g/mol. The van der Waals surface area contributed by atoms with Crippen LogP contribution < -0.4 is 4.90 Å². The number of nitrogens with zero attached hydrogens (tertiary/aromatic N) is 2. The van der Waals surface area contributed by atoms with Crippen molar-refractivity contribution in [3.05, 3.63) is 23.9 Å². The Kier molecular flexibility index (Phi) is 3.41. The number of hydrogen-bond acceptors (Lipinski definition) is 4. The van der Waals surface area contributed by atoms with Crippen LogP contribution in [0.1, 0.15) is 12.5 Å². The lowest BCUT2D eigenvalue weighted by atomic mass is 10.2. The van der Waals surface area contributed by atoms with E-state index in [4.69, 9.17) is 9.84 Å². The van der Waals surface area contributed by atoms with Crippen LogP contribution in [0.25, 0.3) is 0 Å². The molecule has 0 amide bonds. The van der Waals surface area contributed by atoms with Crippen molar-refractivity contribution >= 4 is 5.82 Å². The first-order chi connectivity index (χ1) is 7.70. The van der Waals surface area contributed by atoms with Gasteiger partial charge >= 0.3 is 0 Å². The molecule has 0 aromatic carbocycles. The van der Waals surface area contributed by atoms with Gasteiger partial charge in [0, 0.05) is 12.7 Å². The number of morpholine rings is 1. The summed E-state index contributed by atoms with van der Waals surface area (Å²) in [4.78, 5) is 6.59. The molecule has 1 aromatic rings. The zero-order valence-electron chi connectivity index (χ0n) is 9.76. The van der Waals surface area contributed by atoms with Gasteiger partial charge in [-0.25, -0.2) is 4.98 Å². The number of hydrogen-bond donors (Lipinski definition) is 1. The van der Waals surface area contributed by atoms with E-state index in [0.29, 0.717) is 19.2 Å². The highest BCUT2D eigenvalue weighted by atomic mass is 16.5. The van der Waals surface area contributed by atoms with Gasteiger partial charge in [0.1, 0.15) is 5.82 Å². The monoisotopic (exact) mass is 222 g/mol. The van der Waals surface area contributed by atoms with Gasteiger partial charge in [-0.1, -0.05) is 6.07 Å². The third kappa shape index (κ3) is 2.33. The summed E-state index contributed by atoms with van der Waals surface area (Å²) in [6.07, 6.45) is 1.77. The third-order valence-corrected chi connectivity index (χ3v) is 2.90. The van der Waals surface area contributed by atoms with Gasteiger partial charge in [0.2, 0.25) is 0 Å². The lowest BCUT2D eigenvalue weighted by molar-refractivity contribution is -0.0105. The van der Waals surface area contributed by atoms with Crippen LogP contribution in [0, 0.1) is 6.92 Å². The fourth-order valence-corrected chi connectivity index (χ4v) is 1.88. The molecule has 1 aliphatic rings. The highest BCUT2D eigenvalue weighted by molar-refractivity contribution is 5.41. The molecular formula is C12H18N2O2. The molecule has 1 fully saturated rings. The molecule has 16 heavy (non-hydrogen) atoms. The number of anilines is 1. The number of aliphatic hydroxyl groups excluding tert-OH is 1. The van der Waals surface area contributed by atoms with Crippen LogP contribution in [0.2, 0.25) is 0 Å². The van der Waals surface area contributed by atoms with Gasteiger partial charge < -0.3 is 14.7 Å². The highest BCUT2D eigenvalue weighted by Crippen LogP contribution is 2.19. The van der Waals surface area contributed by atoms with Crippen molar-refractivity contribution in [2.45, 2.75) is 26.0 Å². The van der Waals surface area contributed by atoms with Crippen molar-refractivity contribution in [1.82, 2.24) is 4.98 Å². The Hall–Kier alpha value is -1.13. The molecule has 4 nitrogen and oxygen atoms in total. The number of ether oxygens (including phenoxy) is 1. The minimum absolute atomic E-state index is 0.0646. The molecule has 1 N–H and O–H groups in total. The molecule has 88 valence electrons. The predicted octanol–water partition coefficient (Wildman–Crippen LogP) is 0.976. The maximum absolute atomic E-state index is 9.11. The van der Waals surface area contributed by atoms with Crippen molar-refractivity contribution in [1.29, 1.82) is 0 Å². The smallest absolute Gasteiger partial charge is 0.128 e. The number of aromatic nitrogens is 1. The van der Waals surface area contributed by atoms with Crippen LogP contribution in [-0.4, -0.2) is 42.0 Å². The van der Waals surface area contributed by atoms with E-state index >= 15 is 0 Å². The van der Waals surface area contributed by atoms with Crippen molar-refractivity contribution in [3.8, 4) is 0 Å². The number of pyridine rings is 1. The van der Waals surface area contributed by atoms with Gasteiger partial charge in [0.25, 0.3) is 0 Å². The van der Waals surface area contributed by atoms with Crippen molar-refractivity contribution in [2.75, 3.05) is 24.7 Å². The lowest BCUT2D eigenvalue weighted by Gasteiger charge is -2.38. The van der Waals surface area contributed by atoms with E-state index in [1.807, 2.05) is 19.2 Å². The summed E-state index contributed by atoms with van der Waals surface area (Å²) >= 11 is 0. The van der Waals surface area contributed by atoms with Crippen LogP contribution in [0.15, 0.2) is 18.3 Å². The van der Waals surface area contributed by atoms with Crippen LogP contribution in [0.4, 0.5) is 5.82 Å². The zero-order chi connectivity index (χ0) is 11.5. The number of aliphatic hydroxyl groups is 1. The Labute approximate surface area is 95.9 Å². The Bertz CT molecular complexity index is 339. The van der Waals surface area contributed by atoms with Crippen LogP contribution in [0.3, 0.4) is 0 Å². The van der Waals surface area contributed by atoms with E-state index < -0.39 is 0 Å². The normalized spacial score (nSPS) is 25.8. The Morgan fingerprint density at radius 2 is 2.38 bits per heavy atom. The van der Waals surface area contributed by atoms with E-state index in [2.05, 4.69) is 22.9 Å². The first kappa shape index (κ1) is 11.4. The Balaban J connectivity index is 2.14. The molecular weight excluding hydrogens is 204 g/mol. The van der Waals surface area contributed by atoms with Gasteiger partial charge in [-0.15, -0.1) is 0 Å². The third-order valence-electron chi connectivity index (χ3n) is 2.90. The standard InChI is InChI=1S/C12H18N2O2/c1-9-3-4-12(13-5-9)14-6-11(7-15)16-8-10(14)2/h3-5,10-11,15H,6-8H2,1-2H3. The molecule has 4 heteroatoms. The fraction of sp³-hybridized carbons (Fsp3) is 0.583. The minimum atomic E-state index is -0.0979. The lowest BCUT2D eigenvalue weighted by Crippen LogP contribution is -2.49. The molecule has 1 saturated heterocycles. The number of rotatable bonds is 2. The zero-order valence-corrected chi connectivity index (χ0v) is 9.76. The second-order valence-electron chi connectivity index (χ2n) is 4.33. The fourth-order valence-electron chi connectivity index (χ4n) is 1.88. The van der Waals surface area contributed by atoms with Crippen molar-refractivity contribution in [3.63, 3.8) is 0 Å². The molecule has 0 spiro atoms. The molecule has 1 aromatic heterocycles. The van der Waals surface area contributed by atoms with Crippen LogP contribution in [0.5, 0.6) is 0 Å². The van der Waals surface area contributed by atoms with Crippen LogP contribution >= 0.6 is 0 Å². The average Bonchev–Trinajstić information content (AvgIpc) is 2.31. The Morgan fingerprint density at radius 1 is 1.56 bits per heavy atom. The summed E-state index contributed by atoms with van der Waals surface area (Å²) in [5.41, 5.74) is 1.16. The molecule has 0 radical (unpaired) electrons. The first-order valence-corrected chi connectivity index (χ1v) is 5.62. The quantitative estimate of drug-likeness (QED) is 0.810. The van der Waals surface area contributed by atoms with Gasteiger partial charge in [-0.05, 0) is 25.5 Å². The van der Waals surface area contributed by atoms with E-state index in [1.165, 1.54) is 0 Å². The molecule has 2 atom stereocenters. The summed E-state index contributed by atoms with van der Waals surface area (Å²) in [6.45, 7) is 5.54. The first-order valence-electron chi connectivity index (χ1n) is 5.62. The SMILES string of the molecule is Cc1ccc(N2CC(CO)OCC2C)nc1. The largest absolute Gasteiger partial charge is 0.394 e. The highest BCUT2D eigenvalue weighted by Gasteiger charge is 2.26. The van der Waals surface area contributed by atoms with Gasteiger partial charge in [0.15, 0.2) is 0 Å². The topological polar surface area (TPSA) is 45.6 Å². The molecule has 0 aliphatic carbocycles. The van der Waals surface area contributed by atoms with E-state index in [0.717, 1.165) is 11.4 Å². The maximum atomic E-state index is 9.11. The summed E-state index contributed by atoms with van der Waals surface area (Å²) < 4.78 is 5.50. The maximum Gasteiger partial charge on any atom is 0.128 e. The Morgan fingerprint density at radius 3 is 3.00 bits per heavy atom. The second kappa shape index (κ2) is 4.80. The van der Waals surface area contributed by atoms with Gasteiger partial charge in [-0.3, -0.25) is 0 Å². The van der Waals surface area contributed by atoms with E-state index in [-0.39, 0.29) is 12.7 Å². The molecule has 2 heterocycles.